The molecule has 0 aliphatic heterocycles. The maximum Gasteiger partial charge on any atom is 0.260 e. The number of carbonyl (C=O) groups is 1. The van der Waals surface area contributed by atoms with Crippen molar-refractivity contribution in [3.8, 4) is 5.75 Å². The average molecular weight is 255 g/mol. The highest BCUT2D eigenvalue weighted by Gasteiger charge is 2.16. The van der Waals surface area contributed by atoms with E-state index >= 15 is 0 Å². The van der Waals surface area contributed by atoms with Crippen molar-refractivity contribution in [1.82, 2.24) is 5.32 Å². The van der Waals surface area contributed by atoms with Gasteiger partial charge in [0.1, 0.15) is 0 Å². The fourth-order valence-corrected chi connectivity index (χ4v) is 1.43. The summed E-state index contributed by atoms with van der Waals surface area (Å²) in [6, 6.07) is 4.17. The van der Waals surface area contributed by atoms with Gasteiger partial charge in [0, 0.05) is 6.54 Å². The van der Waals surface area contributed by atoms with E-state index in [1.807, 2.05) is 0 Å². The Balaban J connectivity index is 2.76. The molecular formula is C13H18FNO3. The van der Waals surface area contributed by atoms with E-state index < -0.39 is 18.0 Å². The molecule has 1 rings (SSSR count). The van der Waals surface area contributed by atoms with Gasteiger partial charge in [0.2, 0.25) is 0 Å². The molecule has 0 bridgehead atoms. The molecule has 100 valence electrons. The van der Waals surface area contributed by atoms with Crippen LogP contribution in [0.25, 0.3) is 0 Å². The number of ether oxygens (including phenoxy) is 1. The lowest BCUT2D eigenvalue weighted by molar-refractivity contribution is -0.127. The van der Waals surface area contributed by atoms with Gasteiger partial charge in [-0.15, -0.1) is 0 Å². The standard InChI is InChI=1S/C13H18FNO3/c1-4-15-13(17)9(3)18-12-6-5-10(8(2)16)7-11(12)14/h5-9,16H,4H2,1-3H3,(H,15,17)/t8-,9?/m1/s1. The van der Waals surface area contributed by atoms with Crippen LogP contribution in [0.15, 0.2) is 18.2 Å². The minimum Gasteiger partial charge on any atom is -0.478 e. The molecule has 0 saturated carbocycles. The molecule has 0 aromatic heterocycles. The number of aliphatic hydroxyl groups excluding tert-OH is 1. The second kappa shape index (κ2) is 6.35. The highest BCUT2D eigenvalue weighted by Crippen LogP contribution is 2.22. The summed E-state index contributed by atoms with van der Waals surface area (Å²) in [6.07, 6.45) is -1.51. The van der Waals surface area contributed by atoms with Gasteiger partial charge >= 0.3 is 0 Å². The van der Waals surface area contributed by atoms with Gasteiger partial charge in [-0.05, 0) is 38.5 Å². The molecule has 0 heterocycles. The number of carbonyl (C=O) groups excluding carboxylic acids is 1. The molecule has 4 nitrogen and oxygen atoms in total. The van der Waals surface area contributed by atoms with Crippen molar-refractivity contribution in [3.63, 3.8) is 0 Å². The smallest absolute Gasteiger partial charge is 0.260 e. The molecule has 1 aromatic carbocycles. The monoisotopic (exact) mass is 255 g/mol. The fourth-order valence-electron chi connectivity index (χ4n) is 1.43. The highest BCUT2D eigenvalue weighted by molar-refractivity contribution is 5.80. The molecule has 18 heavy (non-hydrogen) atoms. The van der Waals surface area contributed by atoms with Gasteiger partial charge in [0.05, 0.1) is 6.10 Å². The number of benzene rings is 1. The molecular weight excluding hydrogens is 237 g/mol. The third-order valence-electron chi connectivity index (χ3n) is 2.46. The van der Waals surface area contributed by atoms with E-state index in [0.717, 1.165) is 0 Å². The molecule has 5 heteroatoms. The van der Waals surface area contributed by atoms with Crippen LogP contribution in [0.3, 0.4) is 0 Å². The number of likely N-dealkylation sites (N-methyl/N-ethyl adjacent to an activating group) is 1. The normalized spacial score (nSPS) is 13.8. The van der Waals surface area contributed by atoms with Gasteiger partial charge in [0.25, 0.3) is 5.91 Å². The quantitative estimate of drug-likeness (QED) is 0.843. The van der Waals surface area contributed by atoms with Crippen molar-refractivity contribution >= 4 is 5.91 Å². The topological polar surface area (TPSA) is 58.6 Å². The molecule has 1 unspecified atom stereocenters. The fraction of sp³-hybridized carbons (Fsp3) is 0.462. The lowest BCUT2D eigenvalue weighted by Crippen LogP contribution is -2.36. The van der Waals surface area contributed by atoms with Gasteiger partial charge in [-0.1, -0.05) is 6.07 Å². The van der Waals surface area contributed by atoms with Gasteiger partial charge in [-0.25, -0.2) is 4.39 Å². The SMILES string of the molecule is CCNC(=O)C(C)Oc1ccc([C@@H](C)O)cc1F. The van der Waals surface area contributed by atoms with Crippen LogP contribution in [0.5, 0.6) is 5.75 Å². The number of nitrogens with one attached hydrogen (secondary N) is 1. The molecule has 0 fully saturated rings. The summed E-state index contributed by atoms with van der Waals surface area (Å²) in [5, 5.41) is 11.9. The Morgan fingerprint density at radius 3 is 2.67 bits per heavy atom. The van der Waals surface area contributed by atoms with Crippen LogP contribution >= 0.6 is 0 Å². The first kappa shape index (κ1) is 14.4. The minimum absolute atomic E-state index is 0.00171. The Bertz CT molecular complexity index is 421. The third-order valence-corrected chi connectivity index (χ3v) is 2.46. The number of amides is 1. The maximum absolute atomic E-state index is 13.7. The molecule has 2 N–H and O–H groups in total. The van der Waals surface area contributed by atoms with Crippen LogP contribution in [-0.4, -0.2) is 23.7 Å². The van der Waals surface area contributed by atoms with Crippen molar-refractivity contribution in [2.24, 2.45) is 0 Å². The van der Waals surface area contributed by atoms with Crippen molar-refractivity contribution in [2.45, 2.75) is 33.0 Å². The lowest BCUT2D eigenvalue weighted by atomic mass is 10.1. The van der Waals surface area contributed by atoms with Crippen LogP contribution in [-0.2, 0) is 4.79 Å². The third kappa shape index (κ3) is 3.70. The van der Waals surface area contributed by atoms with E-state index in [1.165, 1.54) is 12.1 Å². The summed E-state index contributed by atoms with van der Waals surface area (Å²) in [4.78, 5) is 11.4. The molecule has 2 atom stereocenters. The van der Waals surface area contributed by atoms with Crippen LogP contribution < -0.4 is 10.1 Å². The van der Waals surface area contributed by atoms with Crippen molar-refractivity contribution in [1.29, 1.82) is 0 Å². The summed E-state index contributed by atoms with van der Waals surface area (Å²) >= 11 is 0. The summed E-state index contributed by atoms with van der Waals surface area (Å²) in [5.74, 6) is -0.890. The molecule has 0 spiro atoms. The van der Waals surface area contributed by atoms with Gasteiger partial charge in [-0.2, -0.15) is 0 Å². The predicted molar refractivity (Wildman–Crippen MR) is 65.8 cm³/mol. The zero-order valence-corrected chi connectivity index (χ0v) is 10.7. The molecule has 0 aliphatic carbocycles. The van der Waals surface area contributed by atoms with Crippen molar-refractivity contribution in [3.05, 3.63) is 29.6 Å². The zero-order valence-electron chi connectivity index (χ0n) is 10.7. The van der Waals surface area contributed by atoms with Gasteiger partial charge in [-0.3, -0.25) is 4.79 Å². The Hall–Kier alpha value is -1.62. The van der Waals surface area contributed by atoms with E-state index in [0.29, 0.717) is 12.1 Å². The summed E-state index contributed by atoms with van der Waals surface area (Å²) in [6.45, 7) is 5.39. The number of aliphatic hydroxyl groups is 1. The summed E-state index contributed by atoms with van der Waals surface area (Å²) in [5.41, 5.74) is 0.463. The minimum atomic E-state index is -0.767. The summed E-state index contributed by atoms with van der Waals surface area (Å²) < 4.78 is 18.9. The first-order valence-corrected chi connectivity index (χ1v) is 5.87. The molecule has 0 radical (unpaired) electrons. The van der Waals surface area contributed by atoms with E-state index in [9.17, 15) is 14.3 Å². The number of halogens is 1. The zero-order chi connectivity index (χ0) is 13.7. The van der Waals surface area contributed by atoms with Crippen LogP contribution in [0.4, 0.5) is 4.39 Å². The first-order valence-electron chi connectivity index (χ1n) is 5.87. The van der Waals surface area contributed by atoms with E-state index in [-0.39, 0.29) is 11.7 Å². The van der Waals surface area contributed by atoms with Crippen LogP contribution in [0.1, 0.15) is 32.4 Å². The second-order valence-corrected chi connectivity index (χ2v) is 4.02. The van der Waals surface area contributed by atoms with Crippen LogP contribution in [0, 0.1) is 5.82 Å². The van der Waals surface area contributed by atoms with Crippen LogP contribution in [0.2, 0.25) is 0 Å². The van der Waals surface area contributed by atoms with Gasteiger partial charge < -0.3 is 15.2 Å². The Labute approximate surface area is 106 Å². The molecule has 0 aliphatic rings. The van der Waals surface area contributed by atoms with E-state index in [4.69, 9.17) is 4.74 Å². The second-order valence-electron chi connectivity index (χ2n) is 4.02. The average Bonchev–Trinajstić information content (AvgIpc) is 2.31. The van der Waals surface area contributed by atoms with Gasteiger partial charge in [0.15, 0.2) is 17.7 Å². The van der Waals surface area contributed by atoms with Crippen molar-refractivity contribution < 1.29 is 19.0 Å². The van der Waals surface area contributed by atoms with Crippen molar-refractivity contribution in [2.75, 3.05) is 6.54 Å². The maximum atomic E-state index is 13.7. The van der Waals surface area contributed by atoms with E-state index in [2.05, 4.69) is 5.32 Å². The number of hydrogen-bond donors (Lipinski definition) is 2. The Morgan fingerprint density at radius 1 is 1.50 bits per heavy atom. The Kier molecular flexibility index (Phi) is 5.09. The molecule has 0 saturated heterocycles. The molecule has 1 amide bonds. The molecule has 1 aromatic rings. The highest BCUT2D eigenvalue weighted by atomic mass is 19.1. The largest absolute Gasteiger partial charge is 0.478 e. The number of rotatable bonds is 5. The predicted octanol–water partition coefficient (Wildman–Crippen LogP) is 1.78. The lowest BCUT2D eigenvalue weighted by Gasteiger charge is -2.15. The Morgan fingerprint density at radius 2 is 2.17 bits per heavy atom. The van der Waals surface area contributed by atoms with E-state index in [1.54, 1.807) is 26.8 Å². The summed E-state index contributed by atoms with van der Waals surface area (Å²) in [7, 11) is 0. The first-order chi connectivity index (χ1) is 8.45. The number of hydrogen-bond acceptors (Lipinski definition) is 3.